The molecular weight excluding hydrogens is 315 g/mol. The van der Waals surface area contributed by atoms with Crippen molar-refractivity contribution in [1.29, 1.82) is 0 Å². The average Bonchev–Trinajstić information content (AvgIpc) is 2.38. The van der Waals surface area contributed by atoms with Crippen LogP contribution in [0, 0.1) is 20.8 Å². The van der Waals surface area contributed by atoms with Crippen molar-refractivity contribution < 1.29 is 52.1 Å². The molecule has 0 fully saturated rings. The fourth-order valence-electron chi connectivity index (χ4n) is 2.02. The number of hydrogen-bond acceptors (Lipinski definition) is 5. The number of carbonyl (C=O) groups excluding carboxylic acids is 1. The van der Waals surface area contributed by atoms with Crippen LogP contribution in [0.15, 0.2) is 11.0 Å². The molecule has 0 saturated heterocycles. The summed E-state index contributed by atoms with van der Waals surface area (Å²) in [6, 6.07) is 1.26. The Labute approximate surface area is 154 Å². The zero-order valence-electron chi connectivity index (χ0n) is 13.9. The first kappa shape index (κ1) is 21.6. The van der Waals surface area contributed by atoms with Gasteiger partial charge in [0.25, 0.3) is 0 Å². The zero-order chi connectivity index (χ0) is 16.2. The minimum absolute atomic E-state index is 0. The van der Waals surface area contributed by atoms with Crippen molar-refractivity contribution in [3.05, 3.63) is 22.8 Å². The van der Waals surface area contributed by atoms with Crippen molar-refractivity contribution in [3.8, 4) is 5.75 Å². The molecule has 0 unspecified atom stereocenters. The summed E-state index contributed by atoms with van der Waals surface area (Å²) in [6.45, 7) is 7.16. The minimum Gasteiger partial charge on any atom is -0.744 e. The van der Waals surface area contributed by atoms with Crippen LogP contribution in [0.2, 0.25) is 0 Å². The molecule has 0 atom stereocenters. The van der Waals surface area contributed by atoms with Gasteiger partial charge in [0.15, 0.2) is 5.75 Å². The number of rotatable bonds is 6. The number of hydrogen-bond donors (Lipinski definition) is 0. The summed E-state index contributed by atoms with van der Waals surface area (Å²) < 4.78 is 39.3. The minimum atomic E-state index is -4.69. The summed E-state index contributed by atoms with van der Waals surface area (Å²) >= 11 is 0. The van der Waals surface area contributed by atoms with E-state index in [1.165, 1.54) is 6.07 Å². The predicted molar refractivity (Wildman–Crippen MR) is 78.4 cm³/mol. The standard InChI is InChI=1S/C15H22O5S.Na/c1-5-6-7-8-14(16)20-15-12(4)11(3)10(2)9-13(15)21(17,18)19;/h9H,5-8H2,1-4H3,(H,17,18,19);/q;+1/p-1. The molecule has 0 bridgehead atoms. The van der Waals surface area contributed by atoms with Crippen LogP contribution in [0.3, 0.4) is 0 Å². The van der Waals surface area contributed by atoms with Gasteiger partial charge < -0.3 is 9.29 Å². The maximum atomic E-state index is 11.8. The van der Waals surface area contributed by atoms with Crippen LogP contribution in [0.5, 0.6) is 5.75 Å². The molecule has 0 aliphatic rings. The van der Waals surface area contributed by atoms with E-state index in [0.717, 1.165) is 18.4 Å². The van der Waals surface area contributed by atoms with E-state index in [1.54, 1.807) is 20.8 Å². The molecule has 7 heteroatoms. The van der Waals surface area contributed by atoms with Crippen molar-refractivity contribution in [2.24, 2.45) is 0 Å². The van der Waals surface area contributed by atoms with Crippen molar-refractivity contribution in [2.75, 3.05) is 0 Å². The van der Waals surface area contributed by atoms with E-state index < -0.39 is 21.0 Å². The fraction of sp³-hybridized carbons (Fsp3) is 0.533. The van der Waals surface area contributed by atoms with Gasteiger partial charge in [-0.05, 0) is 49.9 Å². The molecule has 1 aromatic carbocycles. The third kappa shape index (κ3) is 5.66. The van der Waals surface area contributed by atoms with Gasteiger partial charge in [0, 0.05) is 6.42 Å². The Hall–Kier alpha value is -0.400. The smallest absolute Gasteiger partial charge is 0.744 e. The van der Waals surface area contributed by atoms with Gasteiger partial charge in [-0.15, -0.1) is 0 Å². The molecule has 0 amide bonds. The van der Waals surface area contributed by atoms with E-state index in [9.17, 15) is 17.8 Å². The summed E-state index contributed by atoms with van der Waals surface area (Å²) in [6.07, 6.45) is 2.75. The van der Waals surface area contributed by atoms with Crippen molar-refractivity contribution >= 4 is 16.1 Å². The van der Waals surface area contributed by atoms with Gasteiger partial charge in [0.05, 0.1) is 4.90 Å². The maximum absolute atomic E-state index is 11.8. The summed E-state index contributed by atoms with van der Waals surface area (Å²) in [5.41, 5.74) is 1.99. The third-order valence-corrected chi connectivity index (χ3v) is 4.38. The number of unbranched alkanes of at least 4 members (excludes halogenated alkanes) is 2. The van der Waals surface area contributed by atoms with Gasteiger partial charge in [-0.2, -0.15) is 0 Å². The number of ether oxygens (including phenoxy) is 1. The molecule has 0 saturated carbocycles. The van der Waals surface area contributed by atoms with E-state index in [2.05, 4.69) is 0 Å². The Morgan fingerprint density at radius 2 is 1.77 bits per heavy atom. The first-order chi connectivity index (χ1) is 9.68. The zero-order valence-corrected chi connectivity index (χ0v) is 16.7. The molecule has 0 spiro atoms. The van der Waals surface area contributed by atoms with Gasteiger partial charge in [-0.25, -0.2) is 8.42 Å². The number of benzene rings is 1. The summed E-state index contributed by atoms with van der Waals surface area (Å²) in [4.78, 5) is 11.3. The molecule has 118 valence electrons. The first-order valence-electron chi connectivity index (χ1n) is 6.95. The van der Waals surface area contributed by atoms with Crippen LogP contribution < -0.4 is 34.3 Å². The van der Waals surface area contributed by atoms with E-state index in [1.807, 2.05) is 6.92 Å². The second kappa shape index (κ2) is 9.03. The Kier molecular flexibility index (Phi) is 8.87. The largest absolute Gasteiger partial charge is 1.00 e. The molecule has 0 aromatic heterocycles. The van der Waals surface area contributed by atoms with Crippen LogP contribution >= 0.6 is 0 Å². The van der Waals surface area contributed by atoms with E-state index >= 15 is 0 Å². The summed E-state index contributed by atoms with van der Waals surface area (Å²) in [7, 11) is -4.69. The van der Waals surface area contributed by atoms with Gasteiger partial charge in [0.1, 0.15) is 10.1 Å². The normalized spacial score (nSPS) is 11.0. The molecule has 0 aliphatic heterocycles. The average molecular weight is 336 g/mol. The molecule has 0 N–H and O–H groups in total. The molecule has 5 nitrogen and oxygen atoms in total. The molecule has 0 heterocycles. The van der Waals surface area contributed by atoms with Gasteiger partial charge in [-0.1, -0.05) is 19.8 Å². The van der Waals surface area contributed by atoms with Crippen LogP contribution in [0.1, 0.15) is 49.3 Å². The molecule has 22 heavy (non-hydrogen) atoms. The van der Waals surface area contributed by atoms with Gasteiger partial charge >= 0.3 is 35.5 Å². The Bertz CT molecular complexity index is 638. The third-order valence-electron chi connectivity index (χ3n) is 3.54. The molecule has 1 rings (SSSR count). The van der Waals surface area contributed by atoms with E-state index in [4.69, 9.17) is 4.74 Å². The SMILES string of the molecule is CCCCCC(=O)Oc1c(S(=O)(=O)[O-])cc(C)c(C)c1C.[Na+]. The van der Waals surface area contributed by atoms with Gasteiger partial charge in [0.2, 0.25) is 0 Å². The van der Waals surface area contributed by atoms with Gasteiger partial charge in [-0.3, -0.25) is 4.79 Å². The second-order valence-corrected chi connectivity index (χ2v) is 6.50. The Morgan fingerprint density at radius 1 is 1.18 bits per heavy atom. The first-order valence-corrected chi connectivity index (χ1v) is 8.36. The molecule has 0 radical (unpaired) electrons. The number of aryl methyl sites for hydroxylation is 1. The van der Waals surface area contributed by atoms with Crippen LogP contribution in [0.4, 0.5) is 0 Å². The second-order valence-electron chi connectivity index (χ2n) is 5.16. The van der Waals surface area contributed by atoms with E-state index in [0.29, 0.717) is 17.5 Å². The topological polar surface area (TPSA) is 83.5 Å². The number of carbonyl (C=O) groups is 1. The Balaban J connectivity index is 0.00000441. The Morgan fingerprint density at radius 3 is 2.27 bits per heavy atom. The molecule has 1 aromatic rings. The predicted octanol–water partition coefficient (Wildman–Crippen LogP) is 0.00566. The molecular formula is C15H21NaO5S. The van der Waals surface area contributed by atoms with Crippen molar-refractivity contribution in [3.63, 3.8) is 0 Å². The van der Waals surface area contributed by atoms with Crippen LogP contribution in [-0.4, -0.2) is 18.9 Å². The summed E-state index contributed by atoms with van der Waals surface area (Å²) in [5.74, 6) is -0.644. The fourth-order valence-corrected chi connectivity index (χ4v) is 2.76. The van der Waals surface area contributed by atoms with Crippen molar-refractivity contribution in [2.45, 2.75) is 58.3 Å². The summed E-state index contributed by atoms with van der Waals surface area (Å²) in [5, 5.41) is 0. The van der Waals surface area contributed by atoms with Crippen LogP contribution in [0.25, 0.3) is 0 Å². The maximum Gasteiger partial charge on any atom is 1.00 e. The molecule has 0 aliphatic carbocycles. The van der Waals surface area contributed by atoms with Crippen LogP contribution in [-0.2, 0) is 14.9 Å². The monoisotopic (exact) mass is 336 g/mol. The van der Waals surface area contributed by atoms with E-state index in [-0.39, 0.29) is 41.7 Å². The quantitative estimate of drug-likeness (QED) is 0.240. The number of esters is 1. The van der Waals surface area contributed by atoms with Crippen molar-refractivity contribution in [1.82, 2.24) is 0 Å².